The molecule has 7 aromatic carbocycles. The van der Waals surface area contributed by atoms with Gasteiger partial charge in [0.15, 0.2) is 0 Å². The summed E-state index contributed by atoms with van der Waals surface area (Å²) < 4.78 is 61.3. The maximum Gasteiger partial charge on any atom is 0.416 e. The lowest BCUT2D eigenvalue weighted by Crippen LogP contribution is -2.08. The van der Waals surface area contributed by atoms with Crippen molar-refractivity contribution >= 4 is 87.5 Å². The molecule has 5 nitrogen and oxygen atoms in total. The Morgan fingerprint density at radius 1 is 0.446 bits per heavy atom. The van der Waals surface area contributed by atoms with Gasteiger partial charge in [0.05, 0.1) is 55.5 Å². The van der Waals surface area contributed by atoms with Crippen molar-refractivity contribution in [1.82, 2.24) is 14.1 Å². The third-order valence-corrected chi connectivity index (χ3v) is 11.2. The number of halogens is 3. The van der Waals surface area contributed by atoms with Crippen LogP contribution in [0.2, 0.25) is 0 Å². The summed E-state index contributed by atoms with van der Waals surface area (Å²) in [5, 5.41) is 7.68. The Morgan fingerprint density at radius 3 is 1.54 bits per heavy atom. The first-order valence-corrected chi connectivity index (χ1v) is 18.3. The van der Waals surface area contributed by atoms with E-state index in [2.05, 4.69) is 28.8 Å². The largest absolute Gasteiger partial charge is 0.455 e. The van der Waals surface area contributed by atoms with Crippen LogP contribution in [0.1, 0.15) is 5.56 Å². The summed E-state index contributed by atoms with van der Waals surface area (Å²) in [5.41, 5.74) is 7.56. The normalized spacial score (nSPS) is 12.6. The van der Waals surface area contributed by atoms with E-state index in [1.165, 1.54) is 6.07 Å². The molecule has 0 unspecified atom stereocenters. The van der Waals surface area contributed by atoms with Crippen molar-refractivity contribution in [1.29, 1.82) is 0 Å². The summed E-state index contributed by atoms with van der Waals surface area (Å²) in [4.78, 5) is 4.90. The summed E-state index contributed by atoms with van der Waals surface area (Å²) in [6.07, 6.45) is -2.96. The molecule has 266 valence electrons. The molecule has 0 aliphatic carbocycles. The van der Waals surface area contributed by atoms with E-state index in [9.17, 15) is 13.2 Å². The summed E-state index contributed by atoms with van der Waals surface area (Å²) in [7, 11) is 0. The molecule has 0 aliphatic rings. The second-order valence-corrected chi connectivity index (χ2v) is 14.2. The quantitative estimate of drug-likeness (QED) is 0.182. The zero-order valence-corrected chi connectivity index (χ0v) is 29.3. The van der Waals surface area contributed by atoms with E-state index in [1.54, 1.807) is 12.3 Å². The highest BCUT2D eigenvalue weighted by Crippen LogP contribution is 2.46. The lowest BCUT2D eigenvalue weighted by atomic mass is 10.0. The van der Waals surface area contributed by atoms with Crippen molar-refractivity contribution in [2.75, 3.05) is 0 Å². The molecule has 0 atom stereocenters. The monoisotopic (exact) mass is 733 g/mol. The number of benzene rings is 7. The van der Waals surface area contributed by atoms with Gasteiger partial charge in [0.2, 0.25) is 0 Å². The maximum atomic E-state index is 14.7. The number of hydrogen-bond donors (Lipinski definition) is 0. The number of fused-ring (bicyclic) bond motifs is 14. The van der Waals surface area contributed by atoms with Crippen LogP contribution in [0.4, 0.5) is 13.2 Å². The first kappa shape index (κ1) is 31.1. The second kappa shape index (κ2) is 11.1. The van der Waals surface area contributed by atoms with E-state index in [-0.39, 0.29) is 0 Å². The van der Waals surface area contributed by atoms with Gasteiger partial charge in [0.25, 0.3) is 0 Å². The first-order chi connectivity index (χ1) is 27.4. The van der Waals surface area contributed by atoms with E-state index in [0.717, 1.165) is 93.6 Å². The van der Waals surface area contributed by atoms with Gasteiger partial charge in [-0.1, -0.05) is 72.8 Å². The van der Waals surface area contributed by atoms with Crippen LogP contribution in [0.15, 0.2) is 167 Å². The average Bonchev–Trinajstić information content (AvgIpc) is 3.97. The summed E-state index contributed by atoms with van der Waals surface area (Å²) >= 11 is 0. The summed E-state index contributed by atoms with van der Waals surface area (Å²) in [6, 6.07) is 47.8. The highest BCUT2D eigenvalue weighted by molar-refractivity contribution is 6.25. The van der Waals surface area contributed by atoms with Crippen LogP contribution >= 0.6 is 0 Å². The van der Waals surface area contributed by atoms with Crippen LogP contribution in [0, 0.1) is 0 Å². The molecule has 12 aromatic rings. The number of pyridine rings is 1. The Morgan fingerprint density at radius 2 is 0.964 bits per heavy atom. The van der Waals surface area contributed by atoms with Gasteiger partial charge in [0.1, 0.15) is 22.3 Å². The number of aromatic nitrogens is 3. The van der Waals surface area contributed by atoms with E-state index < -0.39 is 11.7 Å². The van der Waals surface area contributed by atoms with Crippen LogP contribution in [-0.4, -0.2) is 14.1 Å². The number of para-hydroxylation sites is 4. The van der Waals surface area contributed by atoms with Gasteiger partial charge >= 0.3 is 6.18 Å². The first-order valence-electron chi connectivity index (χ1n) is 18.3. The van der Waals surface area contributed by atoms with Crippen molar-refractivity contribution in [2.24, 2.45) is 0 Å². The van der Waals surface area contributed by atoms with E-state index >= 15 is 0 Å². The van der Waals surface area contributed by atoms with Crippen molar-refractivity contribution in [3.63, 3.8) is 0 Å². The maximum absolute atomic E-state index is 14.7. The molecule has 0 N–H and O–H groups in total. The van der Waals surface area contributed by atoms with Gasteiger partial charge in [-0.25, -0.2) is 0 Å². The topological polar surface area (TPSA) is 49.0 Å². The Bertz CT molecular complexity index is 3600. The van der Waals surface area contributed by atoms with Crippen LogP contribution < -0.4 is 0 Å². The Labute approximate surface area is 315 Å². The summed E-state index contributed by atoms with van der Waals surface area (Å²) in [5.74, 6) is 0. The number of nitrogens with zero attached hydrogens (tertiary/aromatic N) is 3. The fourth-order valence-corrected chi connectivity index (χ4v) is 8.87. The molecule has 12 rings (SSSR count). The molecule has 0 bridgehead atoms. The van der Waals surface area contributed by atoms with Crippen molar-refractivity contribution in [3.8, 4) is 22.6 Å². The number of hydrogen-bond acceptors (Lipinski definition) is 3. The third kappa shape index (κ3) is 4.18. The van der Waals surface area contributed by atoms with Gasteiger partial charge < -0.3 is 18.0 Å². The minimum atomic E-state index is -4.59. The molecular formula is C48H26F3N3O2. The van der Waals surface area contributed by atoms with Crippen molar-refractivity contribution in [3.05, 3.63) is 163 Å². The van der Waals surface area contributed by atoms with Crippen LogP contribution in [0.25, 0.3) is 110 Å². The lowest BCUT2D eigenvalue weighted by molar-refractivity contribution is -0.137. The standard InChI is InChI=1S/C48H26F3N3O2/c49-48(50,51)27-19-22-37(53-35-14-5-1-12-32(35)43-38(53)23-20-30-28-10-3-7-17-41(28)55-46(30)43)34(26-27)45-40(16-9-25-52-45)54-36-15-6-2-13-33(36)44-39(54)24-21-31-29-11-4-8-18-42(29)56-47(31)44/h1-26H. The number of rotatable bonds is 3. The Kier molecular flexibility index (Phi) is 6.17. The predicted octanol–water partition coefficient (Wildman–Crippen LogP) is 13.8. The van der Waals surface area contributed by atoms with Crippen molar-refractivity contribution in [2.45, 2.75) is 6.18 Å². The minimum Gasteiger partial charge on any atom is -0.455 e. The average molecular weight is 734 g/mol. The molecule has 5 aromatic heterocycles. The van der Waals surface area contributed by atoms with Gasteiger partial charge in [0, 0.05) is 44.1 Å². The van der Waals surface area contributed by atoms with E-state index in [4.69, 9.17) is 13.8 Å². The number of alkyl halides is 3. The van der Waals surface area contributed by atoms with Crippen molar-refractivity contribution < 1.29 is 22.0 Å². The molecular weight excluding hydrogens is 708 g/mol. The molecule has 0 fully saturated rings. The van der Waals surface area contributed by atoms with Gasteiger partial charge in [-0.15, -0.1) is 0 Å². The zero-order chi connectivity index (χ0) is 37.3. The molecule has 0 saturated carbocycles. The molecule has 0 aliphatic heterocycles. The third-order valence-electron chi connectivity index (χ3n) is 11.2. The highest BCUT2D eigenvalue weighted by Gasteiger charge is 2.33. The highest BCUT2D eigenvalue weighted by atomic mass is 19.4. The molecule has 0 amide bonds. The zero-order valence-electron chi connectivity index (χ0n) is 29.3. The molecule has 5 heterocycles. The SMILES string of the molecule is FC(F)(F)c1ccc(-n2c3ccccc3c3c4oc5ccccc5c4ccc32)c(-c2ncccc2-n2c3ccccc3c3c4oc5ccccc5c4ccc32)c1. The molecule has 0 saturated heterocycles. The van der Waals surface area contributed by atoms with Gasteiger partial charge in [-0.05, 0) is 78.9 Å². The van der Waals surface area contributed by atoms with E-state index in [0.29, 0.717) is 22.6 Å². The van der Waals surface area contributed by atoms with Gasteiger partial charge in [-0.3, -0.25) is 4.98 Å². The van der Waals surface area contributed by atoms with Gasteiger partial charge in [-0.2, -0.15) is 13.2 Å². The molecule has 56 heavy (non-hydrogen) atoms. The molecule has 0 radical (unpaired) electrons. The van der Waals surface area contributed by atoms with Crippen LogP contribution in [0.5, 0.6) is 0 Å². The fourth-order valence-electron chi connectivity index (χ4n) is 8.87. The van der Waals surface area contributed by atoms with Crippen LogP contribution in [-0.2, 0) is 6.18 Å². The van der Waals surface area contributed by atoms with Crippen LogP contribution in [0.3, 0.4) is 0 Å². The minimum absolute atomic E-state index is 0.332. The molecule has 8 heteroatoms. The Balaban J connectivity index is 1.19. The number of furan rings is 2. The van der Waals surface area contributed by atoms with E-state index in [1.807, 2.05) is 114 Å². The molecule has 0 spiro atoms. The summed E-state index contributed by atoms with van der Waals surface area (Å²) in [6.45, 7) is 0. The Hall–Kier alpha value is -7.32. The lowest BCUT2D eigenvalue weighted by Gasteiger charge is -2.19. The smallest absolute Gasteiger partial charge is 0.416 e. The predicted molar refractivity (Wildman–Crippen MR) is 218 cm³/mol. The second-order valence-electron chi connectivity index (χ2n) is 14.2. The fraction of sp³-hybridized carbons (Fsp3) is 0.0208.